The molecule has 1 saturated heterocycles. The first-order valence-corrected chi connectivity index (χ1v) is 8.22. The van der Waals surface area contributed by atoms with Crippen molar-refractivity contribution in [1.82, 2.24) is 4.90 Å². The molecule has 2 unspecified atom stereocenters. The maximum absolute atomic E-state index is 12.7. The van der Waals surface area contributed by atoms with E-state index >= 15 is 0 Å². The summed E-state index contributed by atoms with van der Waals surface area (Å²) in [6.45, 7) is 1.19. The second-order valence-electron chi connectivity index (χ2n) is 6.15. The van der Waals surface area contributed by atoms with Gasteiger partial charge in [0.2, 0.25) is 0 Å². The van der Waals surface area contributed by atoms with Crippen molar-refractivity contribution in [2.24, 2.45) is 5.92 Å². The predicted molar refractivity (Wildman–Crippen MR) is 83.9 cm³/mol. The second-order valence-corrected chi connectivity index (χ2v) is 6.93. The normalized spacial score (nSPS) is 29.1. The summed E-state index contributed by atoms with van der Waals surface area (Å²) in [5.74, 6) is 0.0945. The Morgan fingerprint density at radius 1 is 1.29 bits per heavy atom. The minimum absolute atomic E-state index is 0.0878. The summed E-state index contributed by atoms with van der Waals surface area (Å²) in [6, 6.07) is 5.12. The number of nitrogens with zero attached hydrogens (tertiary/aromatic N) is 1. The summed E-state index contributed by atoms with van der Waals surface area (Å²) < 4.78 is 0. The van der Waals surface area contributed by atoms with Crippen LogP contribution in [0.15, 0.2) is 18.2 Å². The fourth-order valence-electron chi connectivity index (χ4n) is 3.59. The van der Waals surface area contributed by atoms with E-state index in [4.69, 9.17) is 23.2 Å². The molecule has 1 amide bonds. The number of halogens is 2. The van der Waals surface area contributed by atoms with Gasteiger partial charge in [0.15, 0.2) is 0 Å². The van der Waals surface area contributed by atoms with Crippen LogP contribution >= 0.6 is 23.2 Å². The van der Waals surface area contributed by atoms with Gasteiger partial charge < -0.3 is 10.0 Å². The Kier molecular flexibility index (Phi) is 4.17. The fourth-order valence-corrected chi connectivity index (χ4v) is 3.98. The van der Waals surface area contributed by atoms with Gasteiger partial charge in [-0.3, -0.25) is 4.79 Å². The van der Waals surface area contributed by atoms with Crippen LogP contribution in [0.3, 0.4) is 0 Å². The number of fused-ring (bicyclic) bond motifs is 1. The van der Waals surface area contributed by atoms with Gasteiger partial charge in [-0.1, -0.05) is 42.1 Å². The second kappa shape index (κ2) is 5.79. The molecule has 0 bridgehead atoms. The molecule has 114 valence electrons. The van der Waals surface area contributed by atoms with Crippen LogP contribution in [0, 0.1) is 5.92 Å². The zero-order chi connectivity index (χ0) is 15.0. The van der Waals surface area contributed by atoms with E-state index < -0.39 is 5.60 Å². The zero-order valence-electron chi connectivity index (χ0n) is 11.8. The van der Waals surface area contributed by atoms with Crippen molar-refractivity contribution in [3.05, 3.63) is 33.8 Å². The highest BCUT2D eigenvalue weighted by Crippen LogP contribution is 2.40. The van der Waals surface area contributed by atoms with Crippen molar-refractivity contribution in [3.63, 3.8) is 0 Å². The van der Waals surface area contributed by atoms with Gasteiger partial charge in [-0.25, -0.2) is 0 Å². The van der Waals surface area contributed by atoms with Crippen LogP contribution < -0.4 is 0 Å². The summed E-state index contributed by atoms with van der Waals surface area (Å²) in [5.41, 5.74) is -0.127. The number of carbonyl (C=O) groups is 1. The molecule has 1 aliphatic heterocycles. The molecule has 1 saturated carbocycles. The molecule has 21 heavy (non-hydrogen) atoms. The van der Waals surface area contributed by atoms with Crippen LogP contribution in [0.4, 0.5) is 0 Å². The first-order chi connectivity index (χ1) is 10.0. The number of aliphatic hydroxyl groups is 1. The molecule has 3 nitrogen and oxygen atoms in total. The van der Waals surface area contributed by atoms with Crippen molar-refractivity contribution >= 4 is 29.1 Å². The molecule has 3 rings (SSSR count). The molecular formula is C16H19Cl2NO2. The summed E-state index contributed by atoms with van der Waals surface area (Å²) >= 11 is 12.1. The number of rotatable bonds is 1. The number of benzene rings is 1. The largest absolute Gasteiger partial charge is 0.389 e. The molecule has 2 aliphatic rings. The average molecular weight is 328 g/mol. The smallest absolute Gasteiger partial charge is 0.255 e. The number of amides is 1. The van der Waals surface area contributed by atoms with Crippen LogP contribution in [0.25, 0.3) is 0 Å². The summed E-state index contributed by atoms with van der Waals surface area (Å²) in [7, 11) is 0. The third kappa shape index (κ3) is 2.79. The van der Waals surface area contributed by atoms with Gasteiger partial charge in [-0.05, 0) is 31.4 Å². The van der Waals surface area contributed by atoms with Gasteiger partial charge in [0.25, 0.3) is 5.91 Å². The number of likely N-dealkylation sites (tertiary alicyclic amines) is 1. The summed E-state index contributed by atoms with van der Waals surface area (Å²) in [6.07, 6.45) is 4.72. The van der Waals surface area contributed by atoms with E-state index in [1.807, 2.05) is 4.90 Å². The van der Waals surface area contributed by atoms with E-state index in [0.717, 1.165) is 25.7 Å². The molecule has 1 aromatic rings. The highest BCUT2D eigenvalue weighted by molar-refractivity contribution is 6.43. The first-order valence-electron chi connectivity index (χ1n) is 7.47. The van der Waals surface area contributed by atoms with Gasteiger partial charge in [0.05, 0.1) is 21.2 Å². The molecule has 5 heteroatoms. The SMILES string of the molecule is O=C(c1cccc(Cl)c1Cl)N1CCC2(O)CCCCC2C1. The molecule has 1 N–H and O–H groups in total. The van der Waals surface area contributed by atoms with Gasteiger partial charge in [-0.2, -0.15) is 0 Å². The Bertz CT molecular complexity index is 563. The van der Waals surface area contributed by atoms with E-state index in [2.05, 4.69) is 0 Å². The highest BCUT2D eigenvalue weighted by atomic mass is 35.5. The molecule has 1 aliphatic carbocycles. The third-order valence-corrected chi connectivity index (χ3v) is 5.72. The molecular weight excluding hydrogens is 309 g/mol. The minimum Gasteiger partial charge on any atom is -0.389 e. The van der Waals surface area contributed by atoms with Crippen LogP contribution in [0.5, 0.6) is 0 Å². The predicted octanol–water partition coefficient (Wildman–Crippen LogP) is 3.76. The van der Waals surface area contributed by atoms with Gasteiger partial charge in [-0.15, -0.1) is 0 Å². The topological polar surface area (TPSA) is 40.5 Å². The molecule has 0 radical (unpaired) electrons. The van der Waals surface area contributed by atoms with Crippen LogP contribution in [0.1, 0.15) is 42.5 Å². The van der Waals surface area contributed by atoms with Crippen molar-refractivity contribution in [2.45, 2.75) is 37.7 Å². The molecule has 0 spiro atoms. The van der Waals surface area contributed by atoms with Gasteiger partial charge in [0.1, 0.15) is 0 Å². The van der Waals surface area contributed by atoms with Gasteiger partial charge in [0, 0.05) is 19.0 Å². The van der Waals surface area contributed by atoms with Crippen LogP contribution in [0.2, 0.25) is 10.0 Å². The maximum atomic E-state index is 12.7. The standard InChI is InChI=1S/C16H19Cl2NO2/c17-13-6-3-5-12(14(13)18)15(20)19-9-8-16(21)7-2-1-4-11(16)10-19/h3,5-6,11,21H,1-2,4,7-10H2. The minimum atomic E-state index is -0.576. The molecule has 0 aromatic heterocycles. The molecule has 2 fully saturated rings. The first kappa shape index (κ1) is 15.1. The Hall–Kier alpha value is -0.770. The monoisotopic (exact) mass is 327 g/mol. The third-order valence-electron chi connectivity index (χ3n) is 4.90. The maximum Gasteiger partial charge on any atom is 0.255 e. The summed E-state index contributed by atoms with van der Waals surface area (Å²) in [5, 5.41) is 11.4. The van der Waals surface area contributed by atoms with Crippen LogP contribution in [-0.4, -0.2) is 34.6 Å². The molecule has 1 heterocycles. The number of hydrogen-bond donors (Lipinski definition) is 1. The highest BCUT2D eigenvalue weighted by Gasteiger charge is 2.43. The van der Waals surface area contributed by atoms with Crippen LogP contribution in [-0.2, 0) is 0 Å². The van der Waals surface area contributed by atoms with E-state index in [-0.39, 0.29) is 11.8 Å². The lowest BCUT2D eigenvalue weighted by atomic mass is 9.71. The lowest BCUT2D eigenvalue weighted by molar-refractivity contribution is -0.0886. The Morgan fingerprint density at radius 3 is 2.90 bits per heavy atom. The fraction of sp³-hybridized carbons (Fsp3) is 0.562. The lowest BCUT2D eigenvalue weighted by Gasteiger charge is -2.47. The van der Waals surface area contributed by atoms with E-state index in [9.17, 15) is 9.90 Å². The molecule has 2 atom stereocenters. The lowest BCUT2D eigenvalue weighted by Crippen LogP contribution is -2.54. The van der Waals surface area contributed by atoms with Crippen molar-refractivity contribution < 1.29 is 9.90 Å². The Morgan fingerprint density at radius 2 is 2.10 bits per heavy atom. The van der Waals surface area contributed by atoms with E-state index in [1.165, 1.54) is 0 Å². The number of piperidine rings is 1. The molecule has 1 aromatic carbocycles. The number of hydrogen-bond acceptors (Lipinski definition) is 2. The average Bonchev–Trinajstić information content (AvgIpc) is 2.48. The Labute approximate surface area is 134 Å². The summed E-state index contributed by atoms with van der Waals surface area (Å²) in [4.78, 5) is 14.5. The van der Waals surface area contributed by atoms with E-state index in [0.29, 0.717) is 35.1 Å². The zero-order valence-corrected chi connectivity index (χ0v) is 13.3. The van der Waals surface area contributed by atoms with Crippen molar-refractivity contribution in [3.8, 4) is 0 Å². The van der Waals surface area contributed by atoms with Crippen molar-refractivity contribution in [2.75, 3.05) is 13.1 Å². The number of carbonyl (C=O) groups excluding carboxylic acids is 1. The van der Waals surface area contributed by atoms with Crippen molar-refractivity contribution in [1.29, 1.82) is 0 Å². The van der Waals surface area contributed by atoms with E-state index in [1.54, 1.807) is 18.2 Å². The Balaban J connectivity index is 1.79. The van der Waals surface area contributed by atoms with Gasteiger partial charge >= 0.3 is 0 Å². The quantitative estimate of drug-likeness (QED) is 0.853.